The van der Waals surface area contributed by atoms with Gasteiger partial charge < -0.3 is 14.8 Å². The molecule has 2 aromatic carbocycles. The number of anilines is 1. The smallest absolute Gasteiger partial charge is 0.227 e. The SMILES string of the molecule is CCOCc1ccccc1NC(=O)CCOc1ccccc1Cl. The van der Waals surface area contributed by atoms with E-state index in [1.54, 1.807) is 12.1 Å². The third-order valence-corrected chi connectivity index (χ3v) is 3.49. The first kappa shape index (κ1) is 17.3. The van der Waals surface area contributed by atoms with Crippen LogP contribution in [0.15, 0.2) is 48.5 Å². The first-order valence-electron chi connectivity index (χ1n) is 7.53. The summed E-state index contributed by atoms with van der Waals surface area (Å²) in [6.45, 7) is 3.31. The molecule has 0 radical (unpaired) electrons. The Morgan fingerprint density at radius 2 is 1.87 bits per heavy atom. The molecule has 0 aliphatic carbocycles. The highest BCUT2D eigenvalue weighted by atomic mass is 35.5. The van der Waals surface area contributed by atoms with Crippen LogP contribution in [0.1, 0.15) is 18.9 Å². The third-order valence-electron chi connectivity index (χ3n) is 3.18. The van der Waals surface area contributed by atoms with Crippen LogP contribution in [-0.4, -0.2) is 19.1 Å². The van der Waals surface area contributed by atoms with E-state index < -0.39 is 0 Å². The van der Waals surface area contributed by atoms with Crippen molar-refractivity contribution < 1.29 is 14.3 Å². The van der Waals surface area contributed by atoms with E-state index in [4.69, 9.17) is 21.1 Å². The van der Waals surface area contributed by atoms with Crippen LogP contribution in [0, 0.1) is 0 Å². The minimum atomic E-state index is -0.110. The van der Waals surface area contributed by atoms with Crippen LogP contribution in [0.25, 0.3) is 0 Å². The lowest BCUT2D eigenvalue weighted by molar-refractivity contribution is -0.116. The molecular weight excluding hydrogens is 314 g/mol. The number of hydrogen-bond acceptors (Lipinski definition) is 3. The van der Waals surface area contributed by atoms with E-state index in [-0.39, 0.29) is 18.9 Å². The highest BCUT2D eigenvalue weighted by Gasteiger charge is 2.07. The van der Waals surface area contributed by atoms with Gasteiger partial charge in [-0.3, -0.25) is 4.79 Å². The minimum absolute atomic E-state index is 0.110. The van der Waals surface area contributed by atoms with Crippen molar-refractivity contribution in [2.24, 2.45) is 0 Å². The van der Waals surface area contributed by atoms with E-state index in [0.29, 0.717) is 24.0 Å². The molecule has 0 fully saturated rings. The Kier molecular flexibility index (Phi) is 6.91. The fraction of sp³-hybridized carbons (Fsp3) is 0.278. The van der Waals surface area contributed by atoms with Gasteiger partial charge >= 0.3 is 0 Å². The molecule has 122 valence electrons. The number of hydrogen-bond donors (Lipinski definition) is 1. The fourth-order valence-electron chi connectivity index (χ4n) is 2.01. The highest BCUT2D eigenvalue weighted by Crippen LogP contribution is 2.23. The average molecular weight is 334 g/mol. The van der Waals surface area contributed by atoms with Gasteiger partial charge in [-0.1, -0.05) is 41.9 Å². The van der Waals surface area contributed by atoms with Gasteiger partial charge in [0.1, 0.15) is 5.75 Å². The van der Waals surface area contributed by atoms with Gasteiger partial charge in [0.15, 0.2) is 0 Å². The summed E-state index contributed by atoms with van der Waals surface area (Å²) in [5, 5.41) is 3.43. The molecule has 0 aliphatic heterocycles. The molecule has 2 aromatic rings. The van der Waals surface area contributed by atoms with Crippen molar-refractivity contribution in [3.8, 4) is 5.75 Å². The zero-order valence-corrected chi connectivity index (χ0v) is 13.8. The van der Waals surface area contributed by atoms with Gasteiger partial charge in [0.25, 0.3) is 0 Å². The molecule has 0 saturated heterocycles. The number of ether oxygens (including phenoxy) is 2. The molecule has 0 saturated carbocycles. The third kappa shape index (κ3) is 5.58. The fourth-order valence-corrected chi connectivity index (χ4v) is 2.20. The Morgan fingerprint density at radius 1 is 1.13 bits per heavy atom. The van der Waals surface area contributed by atoms with Gasteiger partial charge in [-0.25, -0.2) is 0 Å². The van der Waals surface area contributed by atoms with Crippen molar-refractivity contribution in [3.05, 3.63) is 59.1 Å². The largest absolute Gasteiger partial charge is 0.491 e. The van der Waals surface area contributed by atoms with E-state index in [1.807, 2.05) is 43.3 Å². The van der Waals surface area contributed by atoms with Crippen LogP contribution in [0.4, 0.5) is 5.69 Å². The normalized spacial score (nSPS) is 10.3. The van der Waals surface area contributed by atoms with E-state index in [1.165, 1.54) is 0 Å². The van der Waals surface area contributed by atoms with Crippen molar-refractivity contribution >= 4 is 23.2 Å². The Morgan fingerprint density at radius 3 is 2.65 bits per heavy atom. The number of halogens is 1. The number of carbonyl (C=O) groups is 1. The van der Waals surface area contributed by atoms with Crippen LogP contribution in [-0.2, 0) is 16.1 Å². The monoisotopic (exact) mass is 333 g/mol. The van der Waals surface area contributed by atoms with Gasteiger partial charge in [-0.15, -0.1) is 0 Å². The van der Waals surface area contributed by atoms with Crippen LogP contribution in [0.2, 0.25) is 5.02 Å². The molecule has 5 heteroatoms. The zero-order chi connectivity index (χ0) is 16.5. The molecular formula is C18H20ClNO3. The Bertz CT molecular complexity index is 646. The number of benzene rings is 2. The van der Waals surface area contributed by atoms with E-state index in [9.17, 15) is 4.79 Å². The maximum Gasteiger partial charge on any atom is 0.227 e. The molecule has 1 amide bonds. The number of para-hydroxylation sites is 2. The number of rotatable bonds is 8. The summed E-state index contributed by atoms with van der Waals surface area (Å²) in [7, 11) is 0. The minimum Gasteiger partial charge on any atom is -0.491 e. The second-order valence-electron chi connectivity index (χ2n) is 4.87. The predicted molar refractivity (Wildman–Crippen MR) is 92.0 cm³/mol. The highest BCUT2D eigenvalue weighted by molar-refractivity contribution is 6.32. The van der Waals surface area contributed by atoms with Crippen molar-refractivity contribution in [1.82, 2.24) is 0 Å². The Balaban J connectivity index is 1.84. The second kappa shape index (κ2) is 9.18. The van der Waals surface area contributed by atoms with Crippen molar-refractivity contribution in [1.29, 1.82) is 0 Å². The molecule has 0 atom stereocenters. The molecule has 0 bridgehead atoms. The van der Waals surface area contributed by atoms with Crippen molar-refractivity contribution in [2.75, 3.05) is 18.5 Å². The Labute approximate surface area is 141 Å². The van der Waals surface area contributed by atoms with Gasteiger partial charge in [0, 0.05) is 17.9 Å². The lowest BCUT2D eigenvalue weighted by Crippen LogP contribution is -2.16. The van der Waals surface area contributed by atoms with Crippen LogP contribution >= 0.6 is 11.6 Å². The molecule has 0 heterocycles. The van der Waals surface area contributed by atoms with Gasteiger partial charge in [0.2, 0.25) is 5.91 Å². The molecule has 0 aliphatic rings. The standard InChI is InChI=1S/C18H20ClNO3/c1-2-22-13-14-7-3-5-9-16(14)20-18(21)11-12-23-17-10-6-4-8-15(17)19/h3-10H,2,11-13H2,1H3,(H,20,21). The van der Waals surface area contributed by atoms with Gasteiger partial charge in [-0.2, -0.15) is 0 Å². The van der Waals surface area contributed by atoms with Gasteiger partial charge in [-0.05, 0) is 25.1 Å². The zero-order valence-electron chi connectivity index (χ0n) is 13.0. The molecule has 1 N–H and O–H groups in total. The van der Waals surface area contributed by atoms with E-state index in [0.717, 1.165) is 11.3 Å². The lowest BCUT2D eigenvalue weighted by Gasteiger charge is -2.12. The number of carbonyl (C=O) groups excluding carboxylic acids is 1. The summed E-state index contributed by atoms with van der Waals surface area (Å²) in [6.07, 6.45) is 0.244. The molecule has 0 unspecified atom stereocenters. The van der Waals surface area contributed by atoms with Crippen LogP contribution < -0.4 is 10.1 Å². The summed E-state index contributed by atoms with van der Waals surface area (Å²) in [5.41, 5.74) is 1.72. The first-order chi connectivity index (χ1) is 11.2. The molecule has 4 nitrogen and oxygen atoms in total. The second-order valence-corrected chi connectivity index (χ2v) is 5.28. The summed E-state index contributed by atoms with van der Waals surface area (Å²) >= 11 is 6.00. The summed E-state index contributed by atoms with van der Waals surface area (Å²) in [5.74, 6) is 0.472. The molecule has 23 heavy (non-hydrogen) atoms. The van der Waals surface area contributed by atoms with Crippen LogP contribution in [0.3, 0.4) is 0 Å². The summed E-state index contributed by atoms with van der Waals surface area (Å²) < 4.78 is 10.9. The van der Waals surface area contributed by atoms with E-state index in [2.05, 4.69) is 5.32 Å². The van der Waals surface area contributed by atoms with Crippen molar-refractivity contribution in [3.63, 3.8) is 0 Å². The van der Waals surface area contributed by atoms with E-state index >= 15 is 0 Å². The average Bonchev–Trinajstić information content (AvgIpc) is 2.56. The van der Waals surface area contributed by atoms with Gasteiger partial charge in [0.05, 0.1) is 24.7 Å². The molecule has 0 spiro atoms. The number of amides is 1. The van der Waals surface area contributed by atoms with Crippen LogP contribution in [0.5, 0.6) is 5.75 Å². The predicted octanol–water partition coefficient (Wildman–Crippen LogP) is 4.28. The molecule has 0 aromatic heterocycles. The maximum atomic E-state index is 12.0. The first-order valence-corrected chi connectivity index (χ1v) is 7.91. The number of nitrogens with one attached hydrogen (secondary N) is 1. The summed E-state index contributed by atoms with van der Waals surface area (Å²) in [4.78, 5) is 12.0. The Hall–Kier alpha value is -2.04. The quantitative estimate of drug-likeness (QED) is 0.784. The maximum absolute atomic E-state index is 12.0. The summed E-state index contributed by atoms with van der Waals surface area (Å²) in [6, 6.07) is 14.8. The molecule has 2 rings (SSSR count). The van der Waals surface area contributed by atoms with Crippen molar-refractivity contribution in [2.45, 2.75) is 20.0 Å². The topological polar surface area (TPSA) is 47.6 Å². The lowest BCUT2D eigenvalue weighted by atomic mass is 10.2.